The average Bonchev–Trinajstić information content (AvgIpc) is 2.59. The molecule has 22 heavy (non-hydrogen) atoms. The van der Waals surface area contributed by atoms with Crippen LogP contribution in [0, 0.1) is 6.92 Å². The Labute approximate surface area is 141 Å². The van der Waals surface area contributed by atoms with Crippen molar-refractivity contribution in [1.82, 2.24) is 5.32 Å². The second-order valence-corrected chi connectivity index (χ2v) is 4.96. The summed E-state index contributed by atoms with van der Waals surface area (Å²) < 4.78 is 0. The minimum Gasteiger partial charge on any atom is -0.388 e. The van der Waals surface area contributed by atoms with Crippen LogP contribution >= 0.6 is 11.6 Å². The molecule has 0 fully saturated rings. The molecular weight excluding hydrogens is 290 g/mol. The van der Waals surface area contributed by atoms with E-state index >= 15 is 0 Å². The Kier molecular flexibility index (Phi) is 10.9. The molecule has 120 valence electrons. The van der Waals surface area contributed by atoms with Crippen molar-refractivity contribution >= 4 is 17.3 Å². The maximum absolute atomic E-state index is 5.85. The normalized spacial score (nSPS) is 8.82. The molecule has 2 rings (SSSR count). The molecular formula is C20H28ClN. The molecule has 2 heteroatoms. The van der Waals surface area contributed by atoms with E-state index in [-0.39, 0.29) is 0 Å². The molecule has 0 aromatic heterocycles. The zero-order chi connectivity index (χ0) is 17.0. The zero-order valence-corrected chi connectivity index (χ0v) is 15.2. The molecule has 0 amide bonds. The number of benzene rings is 2. The van der Waals surface area contributed by atoms with Crippen LogP contribution in [0.15, 0.2) is 55.1 Å². The third-order valence-electron chi connectivity index (χ3n) is 3.08. The largest absolute Gasteiger partial charge is 0.388 e. The molecule has 2 aromatic rings. The lowest BCUT2D eigenvalue weighted by Gasteiger charge is -2.08. The van der Waals surface area contributed by atoms with Crippen LogP contribution in [0.1, 0.15) is 37.5 Å². The Hall–Kier alpha value is -1.73. The highest BCUT2D eigenvalue weighted by Crippen LogP contribution is 2.19. The van der Waals surface area contributed by atoms with Gasteiger partial charge in [-0.2, -0.15) is 0 Å². The first-order valence-corrected chi connectivity index (χ1v) is 8.13. The standard InChI is InChI=1S/C10H12ClN.C8H10.C2H6/c1-7-4-5-9(11)6-10(7)8(2)12-3;1-2-8-6-4-3-5-7-8;1-2/h4-6,12H,2H2,1,3H3;3-7H,2H2,1H3;1-2H3. The van der Waals surface area contributed by atoms with E-state index in [1.807, 2.05) is 52.1 Å². The Bertz CT molecular complexity index is 547. The van der Waals surface area contributed by atoms with Gasteiger partial charge in [0.2, 0.25) is 0 Å². The van der Waals surface area contributed by atoms with Crippen molar-refractivity contribution < 1.29 is 0 Å². The summed E-state index contributed by atoms with van der Waals surface area (Å²) in [6, 6.07) is 16.2. The van der Waals surface area contributed by atoms with Gasteiger partial charge in [0.15, 0.2) is 0 Å². The SMILES string of the molecule is C=C(NC)c1cc(Cl)ccc1C.CC.CCc1ccccc1. The smallest absolute Gasteiger partial charge is 0.0412 e. The molecule has 0 aliphatic rings. The van der Waals surface area contributed by atoms with Gasteiger partial charge in [0, 0.05) is 23.3 Å². The monoisotopic (exact) mass is 317 g/mol. The molecule has 1 N–H and O–H groups in total. The van der Waals surface area contributed by atoms with Crippen molar-refractivity contribution in [3.05, 3.63) is 76.8 Å². The van der Waals surface area contributed by atoms with Gasteiger partial charge in [0.25, 0.3) is 0 Å². The number of rotatable bonds is 3. The van der Waals surface area contributed by atoms with Gasteiger partial charge >= 0.3 is 0 Å². The lowest BCUT2D eigenvalue weighted by Crippen LogP contribution is -2.04. The molecule has 1 nitrogen and oxygen atoms in total. The van der Waals surface area contributed by atoms with E-state index in [1.54, 1.807) is 0 Å². The molecule has 0 heterocycles. The van der Waals surface area contributed by atoms with Crippen LogP contribution in [-0.4, -0.2) is 7.05 Å². The highest BCUT2D eigenvalue weighted by atomic mass is 35.5. The molecule has 0 radical (unpaired) electrons. The minimum absolute atomic E-state index is 0.743. The molecule has 0 bridgehead atoms. The number of halogens is 1. The van der Waals surface area contributed by atoms with Gasteiger partial charge in [0.05, 0.1) is 0 Å². The summed E-state index contributed by atoms with van der Waals surface area (Å²) in [6.45, 7) is 12.1. The van der Waals surface area contributed by atoms with E-state index in [9.17, 15) is 0 Å². The van der Waals surface area contributed by atoms with Gasteiger partial charge < -0.3 is 5.32 Å². The Morgan fingerprint density at radius 3 is 2.14 bits per heavy atom. The minimum atomic E-state index is 0.743. The van der Waals surface area contributed by atoms with Gasteiger partial charge in [-0.05, 0) is 36.6 Å². The number of nitrogens with one attached hydrogen (secondary N) is 1. The van der Waals surface area contributed by atoms with E-state index in [0.29, 0.717) is 0 Å². The van der Waals surface area contributed by atoms with Crippen molar-refractivity contribution in [3.63, 3.8) is 0 Å². The van der Waals surface area contributed by atoms with Crippen molar-refractivity contribution in [2.75, 3.05) is 7.05 Å². The Morgan fingerprint density at radius 2 is 1.68 bits per heavy atom. The van der Waals surface area contributed by atoms with Gasteiger partial charge in [-0.25, -0.2) is 0 Å². The van der Waals surface area contributed by atoms with Gasteiger partial charge in [-0.3, -0.25) is 0 Å². The molecule has 0 saturated heterocycles. The molecule has 0 saturated carbocycles. The lowest BCUT2D eigenvalue weighted by molar-refractivity contribution is 1.12. The summed E-state index contributed by atoms with van der Waals surface area (Å²) in [6.07, 6.45) is 1.14. The average molecular weight is 318 g/mol. The summed E-state index contributed by atoms with van der Waals surface area (Å²) in [4.78, 5) is 0. The fourth-order valence-electron chi connectivity index (χ4n) is 1.77. The third-order valence-corrected chi connectivity index (χ3v) is 3.31. The van der Waals surface area contributed by atoms with E-state index in [4.69, 9.17) is 11.6 Å². The molecule has 0 aliphatic carbocycles. The summed E-state index contributed by atoms with van der Waals surface area (Å²) >= 11 is 5.85. The van der Waals surface area contributed by atoms with Gasteiger partial charge in [-0.1, -0.05) is 75.3 Å². The van der Waals surface area contributed by atoms with Gasteiger partial charge in [0.1, 0.15) is 0 Å². The van der Waals surface area contributed by atoms with Crippen LogP contribution in [-0.2, 0) is 6.42 Å². The predicted octanol–water partition coefficient (Wildman–Crippen LogP) is 6.11. The number of hydrogen-bond acceptors (Lipinski definition) is 1. The van der Waals surface area contributed by atoms with Crippen LogP contribution < -0.4 is 5.32 Å². The van der Waals surface area contributed by atoms with Crippen LogP contribution in [0.4, 0.5) is 0 Å². The maximum atomic E-state index is 5.85. The zero-order valence-electron chi connectivity index (χ0n) is 14.4. The van der Waals surface area contributed by atoms with Crippen LogP contribution in [0.5, 0.6) is 0 Å². The van der Waals surface area contributed by atoms with Crippen LogP contribution in [0.25, 0.3) is 5.70 Å². The van der Waals surface area contributed by atoms with E-state index in [0.717, 1.165) is 22.7 Å². The first-order chi connectivity index (χ1) is 10.6. The van der Waals surface area contributed by atoms with Crippen molar-refractivity contribution in [3.8, 4) is 0 Å². The first-order valence-electron chi connectivity index (χ1n) is 7.75. The second-order valence-electron chi connectivity index (χ2n) is 4.53. The van der Waals surface area contributed by atoms with E-state index in [1.165, 1.54) is 11.1 Å². The molecule has 0 atom stereocenters. The molecule has 0 unspecified atom stereocenters. The van der Waals surface area contributed by atoms with Crippen molar-refractivity contribution in [2.24, 2.45) is 0 Å². The van der Waals surface area contributed by atoms with E-state index < -0.39 is 0 Å². The highest BCUT2D eigenvalue weighted by molar-refractivity contribution is 6.30. The number of hydrogen-bond donors (Lipinski definition) is 1. The lowest BCUT2D eigenvalue weighted by atomic mass is 10.1. The molecule has 0 aliphatic heterocycles. The van der Waals surface area contributed by atoms with Crippen LogP contribution in [0.3, 0.4) is 0 Å². The van der Waals surface area contributed by atoms with Crippen molar-refractivity contribution in [1.29, 1.82) is 0 Å². The molecule has 0 spiro atoms. The quantitative estimate of drug-likeness (QED) is 0.719. The first kappa shape index (κ1) is 20.3. The Balaban J connectivity index is 0.000000382. The predicted molar refractivity (Wildman–Crippen MR) is 101 cm³/mol. The fourth-order valence-corrected chi connectivity index (χ4v) is 1.94. The number of aryl methyl sites for hydroxylation is 2. The van der Waals surface area contributed by atoms with E-state index in [2.05, 4.69) is 43.1 Å². The van der Waals surface area contributed by atoms with Crippen molar-refractivity contribution in [2.45, 2.75) is 34.1 Å². The second kappa shape index (κ2) is 11.9. The topological polar surface area (TPSA) is 12.0 Å². The highest BCUT2D eigenvalue weighted by Gasteiger charge is 2.01. The maximum Gasteiger partial charge on any atom is 0.0412 e. The third kappa shape index (κ3) is 7.33. The molecule has 2 aromatic carbocycles. The summed E-state index contributed by atoms with van der Waals surface area (Å²) in [5, 5.41) is 3.74. The van der Waals surface area contributed by atoms with Crippen LogP contribution in [0.2, 0.25) is 5.02 Å². The van der Waals surface area contributed by atoms with Gasteiger partial charge in [-0.15, -0.1) is 0 Å². The fraction of sp³-hybridized carbons (Fsp3) is 0.300. The summed E-state index contributed by atoms with van der Waals surface area (Å²) in [5.74, 6) is 0. The summed E-state index contributed by atoms with van der Waals surface area (Å²) in [5.41, 5.74) is 4.56. The Morgan fingerprint density at radius 1 is 1.09 bits per heavy atom. The summed E-state index contributed by atoms with van der Waals surface area (Å²) in [7, 11) is 1.85.